The van der Waals surface area contributed by atoms with E-state index in [2.05, 4.69) is 0 Å². The maximum absolute atomic E-state index is 10.4. The van der Waals surface area contributed by atoms with Gasteiger partial charge in [-0.25, -0.2) is 0 Å². The molecule has 1 rings (SSSR count). The van der Waals surface area contributed by atoms with Gasteiger partial charge >= 0.3 is 11.9 Å². The zero-order chi connectivity index (χ0) is 8.65. The van der Waals surface area contributed by atoms with E-state index < -0.39 is 23.4 Å². The molecule has 0 saturated heterocycles. The van der Waals surface area contributed by atoms with E-state index in [1.807, 2.05) is 0 Å². The summed E-state index contributed by atoms with van der Waals surface area (Å²) in [5.74, 6) is -2.50. The third-order valence-electron chi connectivity index (χ3n) is 1.97. The number of carboxylic acid groups (broad SMARTS) is 2. The quantitative estimate of drug-likeness (QED) is 0.573. The number of carbonyl (C=O) groups is 2. The molecule has 0 aromatic heterocycles. The minimum Gasteiger partial charge on any atom is -0.481 e. The summed E-state index contributed by atoms with van der Waals surface area (Å²) in [7, 11) is 0. The molecule has 6 heteroatoms. The van der Waals surface area contributed by atoms with Crippen molar-refractivity contribution in [1.29, 1.82) is 0 Å². The van der Waals surface area contributed by atoms with Crippen LogP contribution in [-0.4, -0.2) is 27.7 Å². The van der Waals surface area contributed by atoms with Crippen molar-refractivity contribution in [3.63, 3.8) is 0 Å². The molecule has 2 atom stereocenters. The SMILES string of the molecule is Cl.N[C@@]1(C(=O)O)C[C@H]1CC(=O)O. The van der Waals surface area contributed by atoms with Crippen molar-refractivity contribution in [2.45, 2.75) is 18.4 Å². The average Bonchev–Trinajstić information content (AvgIpc) is 2.42. The molecule has 1 aliphatic rings. The first-order valence-corrected chi connectivity index (χ1v) is 3.21. The number of aliphatic carboxylic acids is 2. The van der Waals surface area contributed by atoms with Gasteiger partial charge in [0.15, 0.2) is 0 Å². The Morgan fingerprint density at radius 3 is 2.25 bits per heavy atom. The maximum atomic E-state index is 10.4. The third kappa shape index (κ3) is 1.86. The monoisotopic (exact) mass is 195 g/mol. The molecule has 0 aliphatic heterocycles. The molecule has 0 spiro atoms. The van der Waals surface area contributed by atoms with Crippen molar-refractivity contribution in [3.8, 4) is 0 Å². The Bertz CT molecular complexity index is 220. The molecule has 0 unspecified atom stereocenters. The zero-order valence-corrected chi connectivity index (χ0v) is 7.00. The van der Waals surface area contributed by atoms with Gasteiger partial charge < -0.3 is 15.9 Å². The van der Waals surface area contributed by atoms with Crippen molar-refractivity contribution in [2.24, 2.45) is 11.7 Å². The summed E-state index contributed by atoms with van der Waals surface area (Å²) in [5, 5.41) is 16.8. The normalized spacial score (nSPS) is 31.9. The molecule has 1 saturated carbocycles. The summed E-state index contributed by atoms with van der Waals surface area (Å²) in [6.07, 6.45) is 0.122. The molecule has 0 aromatic rings. The number of nitrogens with two attached hydrogens (primary N) is 1. The van der Waals surface area contributed by atoms with E-state index in [1.165, 1.54) is 0 Å². The highest BCUT2D eigenvalue weighted by molar-refractivity contribution is 5.85. The minimum absolute atomic E-state index is 0. The average molecular weight is 196 g/mol. The lowest BCUT2D eigenvalue weighted by molar-refractivity contribution is -0.140. The van der Waals surface area contributed by atoms with Crippen LogP contribution >= 0.6 is 12.4 Å². The highest BCUT2D eigenvalue weighted by Gasteiger charge is 2.58. The smallest absolute Gasteiger partial charge is 0.323 e. The molecule has 1 fully saturated rings. The molecule has 0 amide bonds. The Hall–Kier alpha value is -0.810. The lowest BCUT2D eigenvalue weighted by atomic mass is 10.2. The summed E-state index contributed by atoms with van der Waals surface area (Å²) in [4.78, 5) is 20.5. The van der Waals surface area contributed by atoms with E-state index in [4.69, 9.17) is 15.9 Å². The highest BCUT2D eigenvalue weighted by atomic mass is 35.5. The van der Waals surface area contributed by atoms with Crippen LogP contribution in [0.4, 0.5) is 0 Å². The zero-order valence-electron chi connectivity index (χ0n) is 6.19. The van der Waals surface area contributed by atoms with E-state index in [0.29, 0.717) is 0 Å². The second kappa shape index (κ2) is 3.28. The van der Waals surface area contributed by atoms with Crippen LogP contribution in [0, 0.1) is 5.92 Å². The van der Waals surface area contributed by atoms with E-state index in [0.717, 1.165) is 0 Å². The second-order valence-electron chi connectivity index (χ2n) is 2.84. The summed E-state index contributed by atoms with van der Waals surface area (Å²) >= 11 is 0. The Kier molecular flexibility index (Phi) is 3.06. The fourth-order valence-corrected chi connectivity index (χ4v) is 1.08. The summed E-state index contributed by atoms with van der Waals surface area (Å²) in [5.41, 5.74) is 4.05. The minimum atomic E-state index is -1.27. The first-order chi connectivity index (χ1) is 4.97. The van der Waals surface area contributed by atoms with Crippen LogP contribution in [0.1, 0.15) is 12.8 Å². The van der Waals surface area contributed by atoms with Gasteiger partial charge in [-0.1, -0.05) is 0 Å². The van der Waals surface area contributed by atoms with Gasteiger partial charge in [-0.15, -0.1) is 12.4 Å². The van der Waals surface area contributed by atoms with Crippen LogP contribution in [0.3, 0.4) is 0 Å². The van der Waals surface area contributed by atoms with Gasteiger partial charge in [-0.2, -0.15) is 0 Å². The van der Waals surface area contributed by atoms with Crippen molar-refractivity contribution in [3.05, 3.63) is 0 Å². The van der Waals surface area contributed by atoms with Crippen LogP contribution < -0.4 is 5.73 Å². The van der Waals surface area contributed by atoms with Crippen molar-refractivity contribution >= 4 is 24.3 Å². The number of hydrogen-bond donors (Lipinski definition) is 3. The van der Waals surface area contributed by atoms with Gasteiger partial charge in [0.05, 0.1) is 6.42 Å². The van der Waals surface area contributed by atoms with Crippen molar-refractivity contribution < 1.29 is 19.8 Å². The second-order valence-corrected chi connectivity index (χ2v) is 2.84. The predicted octanol–water partition coefficient (Wildman–Crippen LogP) is -0.315. The Labute approximate surface area is 75.0 Å². The number of carboxylic acids is 2. The van der Waals surface area contributed by atoms with Gasteiger partial charge in [0.25, 0.3) is 0 Å². The Morgan fingerprint density at radius 2 is 2.00 bits per heavy atom. The van der Waals surface area contributed by atoms with E-state index in [9.17, 15) is 9.59 Å². The maximum Gasteiger partial charge on any atom is 0.323 e. The number of halogens is 1. The first-order valence-electron chi connectivity index (χ1n) is 3.21. The predicted molar refractivity (Wildman–Crippen MR) is 42.2 cm³/mol. The molecule has 0 bridgehead atoms. The van der Waals surface area contributed by atoms with Crippen molar-refractivity contribution in [2.75, 3.05) is 0 Å². The summed E-state index contributed by atoms with van der Waals surface area (Å²) < 4.78 is 0. The van der Waals surface area contributed by atoms with Gasteiger partial charge in [-0.3, -0.25) is 9.59 Å². The number of rotatable bonds is 3. The van der Waals surface area contributed by atoms with E-state index in [1.54, 1.807) is 0 Å². The lowest BCUT2D eigenvalue weighted by Crippen LogP contribution is -2.35. The Morgan fingerprint density at radius 1 is 1.50 bits per heavy atom. The lowest BCUT2D eigenvalue weighted by Gasteiger charge is -2.01. The van der Waals surface area contributed by atoms with Gasteiger partial charge in [0.1, 0.15) is 5.54 Å². The molecule has 0 aromatic carbocycles. The Balaban J connectivity index is 0.00000121. The molecule has 0 heterocycles. The van der Waals surface area contributed by atoms with Crippen LogP contribution in [0.5, 0.6) is 0 Å². The molecule has 70 valence electrons. The van der Waals surface area contributed by atoms with Gasteiger partial charge in [0, 0.05) is 5.92 Å². The van der Waals surface area contributed by atoms with Crippen molar-refractivity contribution in [1.82, 2.24) is 0 Å². The molecule has 5 nitrogen and oxygen atoms in total. The summed E-state index contributed by atoms with van der Waals surface area (Å²) in [6, 6.07) is 0. The van der Waals surface area contributed by atoms with Gasteiger partial charge in [0.2, 0.25) is 0 Å². The standard InChI is InChI=1S/C6H9NO4.ClH/c7-6(5(10)11)2-3(6)1-4(8)9;/h3H,1-2,7H2,(H,8,9)(H,10,11);1H/t3-,6+;/m1./s1. The molecule has 12 heavy (non-hydrogen) atoms. The molecular formula is C6H10ClNO4. The molecule has 1 aliphatic carbocycles. The van der Waals surface area contributed by atoms with E-state index >= 15 is 0 Å². The van der Waals surface area contributed by atoms with Crippen LogP contribution in [-0.2, 0) is 9.59 Å². The first kappa shape index (κ1) is 11.2. The topological polar surface area (TPSA) is 101 Å². The summed E-state index contributed by atoms with van der Waals surface area (Å²) in [6.45, 7) is 0. The highest BCUT2D eigenvalue weighted by Crippen LogP contribution is 2.43. The third-order valence-corrected chi connectivity index (χ3v) is 1.97. The van der Waals surface area contributed by atoms with Crippen LogP contribution in [0.25, 0.3) is 0 Å². The fraction of sp³-hybridized carbons (Fsp3) is 0.667. The largest absolute Gasteiger partial charge is 0.481 e. The fourth-order valence-electron chi connectivity index (χ4n) is 1.08. The van der Waals surface area contributed by atoms with Crippen LogP contribution in [0.2, 0.25) is 0 Å². The number of hydrogen-bond acceptors (Lipinski definition) is 3. The van der Waals surface area contributed by atoms with Crippen LogP contribution in [0.15, 0.2) is 0 Å². The molecule has 4 N–H and O–H groups in total. The van der Waals surface area contributed by atoms with Gasteiger partial charge in [-0.05, 0) is 6.42 Å². The molecular weight excluding hydrogens is 186 g/mol. The van der Waals surface area contributed by atoms with E-state index in [-0.39, 0.29) is 25.2 Å². The molecule has 0 radical (unpaired) electrons.